The van der Waals surface area contributed by atoms with Crippen LogP contribution in [-0.4, -0.2) is 54.1 Å². The second-order valence-electron chi connectivity index (χ2n) is 3.38. The van der Waals surface area contributed by atoms with Gasteiger partial charge in [0.25, 0.3) is 0 Å². The minimum absolute atomic E-state index is 0.0226. The third-order valence-corrected chi connectivity index (χ3v) is 1.78. The van der Waals surface area contributed by atoms with Gasteiger partial charge < -0.3 is 25.0 Å². The van der Waals surface area contributed by atoms with E-state index in [9.17, 15) is 14.4 Å². The van der Waals surface area contributed by atoms with Crippen molar-refractivity contribution in [2.24, 2.45) is 0 Å². The van der Waals surface area contributed by atoms with Gasteiger partial charge in [-0.1, -0.05) is 6.92 Å². The summed E-state index contributed by atoms with van der Waals surface area (Å²) in [6.07, 6.45) is -0.855. The highest BCUT2D eigenvalue weighted by atomic mass is 16.6. The molecule has 0 saturated heterocycles. The lowest BCUT2D eigenvalue weighted by molar-refractivity contribution is -0.145. The lowest BCUT2D eigenvalue weighted by Crippen LogP contribution is -2.42. The van der Waals surface area contributed by atoms with Crippen molar-refractivity contribution in [3.8, 4) is 0 Å². The van der Waals surface area contributed by atoms with Gasteiger partial charge in [-0.2, -0.15) is 0 Å². The number of hydrogen-bond acceptors (Lipinski definition) is 5. The first kappa shape index (κ1) is 16.2. The monoisotopic (exact) mass is 263 g/mol. The largest absolute Gasteiger partial charge is 0.481 e. The Morgan fingerprint density at radius 3 is 2.33 bits per heavy atom. The molecule has 1 atom stereocenters. The molecule has 0 aliphatic heterocycles. The van der Waals surface area contributed by atoms with Crippen LogP contribution in [0.15, 0.2) is 0 Å². The molecular formula is C10H17NO7. The number of carbonyl (C=O) groups is 3. The number of carbonyl (C=O) groups excluding carboxylic acids is 1. The lowest BCUT2D eigenvalue weighted by Gasteiger charge is -2.12. The van der Waals surface area contributed by atoms with Crippen LogP contribution in [0.4, 0.5) is 4.79 Å². The molecule has 0 aromatic rings. The summed E-state index contributed by atoms with van der Waals surface area (Å²) in [5.41, 5.74) is 0. The molecule has 8 nitrogen and oxygen atoms in total. The minimum Gasteiger partial charge on any atom is -0.481 e. The van der Waals surface area contributed by atoms with Crippen molar-refractivity contribution >= 4 is 18.0 Å². The van der Waals surface area contributed by atoms with Crippen LogP contribution in [0.25, 0.3) is 0 Å². The van der Waals surface area contributed by atoms with Crippen molar-refractivity contribution in [3.63, 3.8) is 0 Å². The maximum atomic E-state index is 11.1. The molecule has 0 rings (SSSR count). The molecule has 0 aliphatic carbocycles. The zero-order chi connectivity index (χ0) is 14.0. The molecule has 3 N–H and O–H groups in total. The Labute approximate surface area is 104 Å². The van der Waals surface area contributed by atoms with Crippen LogP contribution < -0.4 is 5.32 Å². The Morgan fingerprint density at radius 1 is 1.17 bits per heavy atom. The molecule has 0 radical (unpaired) electrons. The van der Waals surface area contributed by atoms with E-state index in [2.05, 4.69) is 4.74 Å². The van der Waals surface area contributed by atoms with E-state index >= 15 is 0 Å². The Kier molecular flexibility index (Phi) is 8.29. The van der Waals surface area contributed by atoms with Crippen LogP contribution >= 0.6 is 0 Å². The van der Waals surface area contributed by atoms with Crippen LogP contribution in [0, 0.1) is 0 Å². The van der Waals surface area contributed by atoms with Crippen LogP contribution in [0.3, 0.4) is 0 Å². The summed E-state index contributed by atoms with van der Waals surface area (Å²) >= 11 is 0. The minimum atomic E-state index is -1.51. The van der Waals surface area contributed by atoms with Gasteiger partial charge in [0.1, 0.15) is 12.6 Å². The first-order chi connectivity index (χ1) is 8.47. The molecule has 18 heavy (non-hydrogen) atoms. The van der Waals surface area contributed by atoms with E-state index in [1.54, 1.807) is 0 Å². The summed E-state index contributed by atoms with van der Waals surface area (Å²) in [5.74, 6) is -2.76. The fraction of sp³-hybridized carbons (Fsp3) is 0.700. The maximum Gasteiger partial charge on any atom is 0.407 e. The van der Waals surface area contributed by atoms with Gasteiger partial charge in [0, 0.05) is 6.61 Å². The Morgan fingerprint density at radius 2 is 1.83 bits per heavy atom. The SMILES string of the molecule is CCCOCCOC(=O)NC(CC(=O)O)C(=O)O. The van der Waals surface area contributed by atoms with Gasteiger partial charge in [-0.25, -0.2) is 9.59 Å². The summed E-state index contributed by atoms with van der Waals surface area (Å²) in [4.78, 5) is 32.1. The molecule has 0 aromatic carbocycles. The molecule has 0 saturated carbocycles. The molecule has 1 unspecified atom stereocenters. The van der Waals surface area contributed by atoms with E-state index in [0.29, 0.717) is 6.61 Å². The highest BCUT2D eigenvalue weighted by Crippen LogP contribution is 1.94. The van der Waals surface area contributed by atoms with E-state index in [1.807, 2.05) is 12.2 Å². The van der Waals surface area contributed by atoms with Crippen LogP contribution in [0.1, 0.15) is 19.8 Å². The number of carboxylic acids is 2. The van der Waals surface area contributed by atoms with Crippen LogP contribution in [0.2, 0.25) is 0 Å². The second kappa shape index (κ2) is 9.23. The highest BCUT2D eigenvalue weighted by Gasteiger charge is 2.23. The molecule has 0 spiro atoms. The lowest BCUT2D eigenvalue weighted by atomic mass is 10.2. The zero-order valence-corrected chi connectivity index (χ0v) is 10.0. The van der Waals surface area contributed by atoms with Gasteiger partial charge in [-0.3, -0.25) is 4.79 Å². The maximum absolute atomic E-state index is 11.1. The Hall–Kier alpha value is -1.83. The zero-order valence-electron chi connectivity index (χ0n) is 10.0. The molecule has 0 heterocycles. The third kappa shape index (κ3) is 8.34. The summed E-state index contributed by atoms with van der Waals surface area (Å²) in [6, 6.07) is -1.51. The second-order valence-corrected chi connectivity index (χ2v) is 3.38. The molecule has 104 valence electrons. The summed E-state index contributed by atoms with van der Waals surface area (Å²) < 4.78 is 9.65. The van der Waals surface area contributed by atoms with Gasteiger partial charge in [0.2, 0.25) is 0 Å². The van der Waals surface area contributed by atoms with Crippen molar-refractivity contribution in [1.82, 2.24) is 5.32 Å². The molecule has 0 fully saturated rings. The Bertz CT molecular complexity index is 292. The molecular weight excluding hydrogens is 246 g/mol. The number of amides is 1. The van der Waals surface area contributed by atoms with Crippen LogP contribution in [0.5, 0.6) is 0 Å². The molecule has 1 amide bonds. The summed E-state index contributed by atoms with van der Waals surface area (Å²) in [7, 11) is 0. The van der Waals surface area contributed by atoms with Crippen molar-refractivity contribution in [2.75, 3.05) is 19.8 Å². The predicted molar refractivity (Wildman–Crippen MR) is 59.3 cm³/mol. The average molecular weight is 263 g/mol. The average Bonchev–Trinajstić information content (AvgIpc) is 2.27. The topological polar surface area (TPSA) is 122 Å². The van der Waals surface area contributed by atoms with Gasteiger partial charge in [0.05, 0.1) is 13.0 Å². The number of ether oxygens (including phenoxy) is 2. The van der Waals surface area contributed by atoms with Gasteiger partial charge in [-0.15, -0.1) is 0 Å². The predicted octanol–water partition coefficient (Wildman–Crippen LogP) is 0.0671. The van der Waals surface area contributed by atoms with Crippen molar-refractivity contribution < 1.29 is 34.1 Å². The number of aliphatic carboxylic acids is 2. The summed E-state index contributed by atoms with van der Waals surface area (Å²) in [5, 5.41) is 19.0. The summed E-state index contributed by atoms with van der Waals surface area (Å²) in [6.45, 7) is 2.65. The van der Waals surface area contributed by atoms with E-state index < -0.39 is 30.5 Å². The van der Waals surface area contributed by atoms with Gasteiger partial charge in [-0.05, 0) is 6.42 Å². The first-order valence-electron chi connectivity index (χ1n) is 5.43. The molecule has 0 aromatic heterocycles. The Balaban J connectivity index is 3.88. The first-order valence-corrected chi connectivity index (χ1v) is 5.43. The van der Waals surface area contributed by atoms with Crippen LogP contribution in [-0.2, 0) is 19.1 Å². The van der Waals surface area contributed by atoms with Gasteiger partial charge in [0.15, 0.2) is 0 Å². The third-order valence-electron chi connectivity index (χ3n) is 1.78. The quantitative estimate of drug-likeness (QED) is 0.503. The smallest absolute Gasteiger partial charge is 0.407 e. The fourth-order valence-corrected chi connectivity index (χ4v) is 0.998. The number of nitrogens with one attached hydrogen (secondary N) is 1. The number of hydrogen-bond donors (Lipinski definition) is 3. The van der Waals surface area contributed by atoms with E-state index in [-0.39, 0.29) is 13.2 Å². The van der Waals surface area contributed by atoms with Crippen molar-refractivity contribution in [1.29, 1.82) is 0 Å². The van der Waals surface area contributed by atoms with Crippen molar-refractivity contribution in [3.05, 3.63) is 0 Å². The number of carboxylic acid groups (broad SMARTS) is 2. The number of rotatable bonds is 9. The van der Waals surface area contributed by atoms with E-state index in [4.69, 9.17) is 14.9 Å². The molecule has 8 heteroatoms. The highest BCUT2D eigenvalue weighted by molar-refractivity contribution is 5.84. The molecule has 0 aliphatic rings. The van der Waals surface area contributed by atoms with E-state index in [1.165, 1.54) is 0 Å². The fourth-order valence-electron chi connectivity index (χ4n) is 0.998. The number of alkyl carbamates (subject to hydrolysis) is 1. The standard InChI is InChI=1S/C10H17NO7/c1-2-3-17-4-5-18-10(16)11-7(9(14)15)6-8(12)13/h7H,2-6H2,1H3,(H,11,16)(H,12,13)(H,14,15). The van der Waals surface area contributed by atoms with Gasteiger partial charge >= 0.3 is 18.0 Å². The molecule has 0 bridgehead atoms. The normalized spacial score (nSPS) is 11.6. The van der Waals surface area contributed by atoms with Crippen molar-refractivity contribution in [2.45, 2.75) is 25.8 Å². The van der Waals surface area contributed by atoms with E-state index in [0.717, 1.165) is 6.42 Å².